The lowest BCUT2D eigenvalue weighted by Gasteiger charge is -2.11. The number of anilines is 1. The molecule has 0 bridgehead atoms. The zero-order valence-corrected chi connectivity index (χ0v) is 10.5. The molecule has 0 fully saturated rings. The second kappa shape index (κ2) is 5.98. The van der Waals surface area contributed by atoms with Gasteiger partial charge >= 0.3 is 6.09 Å². The van der Waals surface area contributed by atoms with Crippen LogP contribution in [0, 0.1) is 0 Å². The van der Waals surface area contributed by atoms with E-state index >= 15 is 0 Å². The second-order valence-electron chi connectivity index (χ2n) is 3.01. The quantitative estimate of drug-likeness (QED) is 0.863. The summed E-state index contributed by atoms with van der Waals surface area (Å²) in [5.41, 5.74) is 0.620. The molecule has 5 heteroatoms. The molecule has 1 N–H and O–H groups in total. The van der Waals surface area contributed by atoms with E-state index in [9.17, 15) is 4.79 Å². The van der Waals surface area contributed by atoms with Crippen molar-refractivity contribution >= 4 is 39.3 Å². The molecule has 0 heterocycles. The summed E-state index contributed by atoms with van der Waals surface area (Å²) in [6.07, 6.45) is -0.645. The number of rotatable bonds is 3. The highest BCUT2D eigenvalue weighted by molar-refractivity contribution is 9.09. The molecule has 0 saturated heterocycles. The van der Waals surface area contributed by atoms with Crippen LogP contribution < -0.4 is 5.32 Å². The van der Waals surface area contributed by atoms with E-state index in [0.717, 1.165) is 0 Å². The van der Waals surface area contributed by atoms with E-state index in [4.69, 9.17) is 16.3 Å². The number of benzene rings is 1. The molecular weight excluding hydrogens is 281 g/mol. The molecule has 0 aliphatic heterocycles. The SMILES string of the molecule is CC(CBr)OC(=O)Nc1cccc(Cl)c1. The number of nitrogens with one attached hydrogen (secondary N) is 1. The van der Waals surface area contributed by atoms with Crippen LogP contribution >= 0.6 is 27.5 Å². The van der Waals surface area contributed by atoms with Crippen molar-refractivity contribution in [1.82, 2.24) is 0 Å². The number of carbonyl (C=O) groups is 1. The van der Waals surface area contributed by atoms with Gasteiger partial charge in [-0.15, -0.1) is 0 Å². The fraction of sp³-hybridized carbons (Fsp3) is 0.300. The number of alkyl halides is 1. The van der Waals surface area contributed by atoms with Gasteiger partial charge in [0.2, 0.25) is 0 Å². The molecule has 0 aromatic heterocycles. The molecule has 0 saturated carbocycles. The first-order valence-corrected chi connectivity index (χ1v) is 5.91. The minimum atomic E-state index is -0.482. The number of hydrogen-bond acceptors (Lipinski definition) is 2. The average Bonchev–Trinajstić information content (AvgIpc) is 2.17. The zero-order valence-electron chi connectivity index (χ0n) is 8.17. The molecule has 1 amide bonds. The van der Waals surface area contributed by atoms with Gasteiger partial charge in [0.1, 0.15) is 6.10 Å². The largest absolute Gasteiger partial charge is 0.445 e. The molecule has 15 heavy (non-hydrogen) atoms. The van der Waals surface area contributed by atoms with Crippen LogP contribution in [0.25, 0.3) is 0 Å². The third kappa shape index (κ3) is 4.53. The van der Waals surface area contributed by atoms with Gasteiger partial charge in [0, 0.05) is 16.0 Å². The topological polar surface area (TPSA) is 38.3 Å². The summed E-state index contributed by atoms with van der Waals surface area (Å²) in [5, 5.41) is 3.76. The zero-order chi connectivity index (χ0) is 11.3. The van der Waals surface area contributed by atoms with Crippen molar-refractivity contribution in [2.75, 3.05) is 10.6 Å². The van der Waals surface area contributed by atoms with E-state index in [0.29, 0.717) is 16.0 Å². The van der Waals surface area contributed by atoms with E-state index in [-0.39, 0.29) is 6.10 Å². The maximum atomic E-state index is 11.3. The Morgan fingerprint density at radius 2 is 2.40 bits per heavy atom. The van der Waals surface area contributed by atoms with Gasteiger partial charge in [-0.25, -0.2) is 4.79 Å². The van der Waals surface area contributed by atoms with Crippen LogP contribution in [0.15, 0.2) is 24.3 Å². The molecule has 0 aliphatic rings. The first-order valence-electron chi connectivity index (χ1n) is 4.41. The third-order valence-electron chi connectivity index (χ3n) is 1.60. The summed E-state index contributed by atoms with van der Waals surface area (Å²) in [6.45, 7) is 1.80. The van der Waals surface area contributed by atoms with Crippen LogP contribution in [0.5, 0.6) is 0 Å². The molecule has 0 spiro atoms. The fourth-order valence-corrected chi connectivity index (χ4v) is 1.25. The van der Waals surface area contributed by atoms with Crippen LogP contribution in [0.1, 0.15) is 6.92 Å². The number of amides is 1. The highest BCUT2D eigenvalue weighted by atomic mass is 79.9. The minimum absolute atomic E-state index is 0.163. The molecule has 0 radical (unpaired) electrons. The van der Waals surface area contributed by atoms with Crippen molar-refractivity contribution in [1.29, 1.82) is 0 Å². The molecule has 0 aliphatic carbocycles. The van der Waals surface area contributed by atoms with Crippen LogP contribution in [0.2, 0.25) is 5.02 Å². The lowest BCUT2D eigenvalue weighted by Crippen LogP contribution is -2.20. The fourth-order valence-electron chi connectivity index (χ4n) is 0.928. The van der Waals surface area contributed by atoms with Gasteiger partial charge in [0.15, 0.2) is 0 Å². The first-order chi connectivity index (χ1) is 7.11. The van der Waals surface area contributed by atoms with Crippen molar-refractivity contribution in [2.24, 2.45) is 0 Å². The van der Waals surface area contributed by atoms with E-state index in [1.807, 2.05) is 0 Å². The predicted molar refractivity (Wildman–Crippen MR) is 64.8 cm³/mol. The highest BCUT2D eigenvalue weighted by Gasteiger charge is 2.07. The standard InChI is InChI=1S/C10H11BrClNO2/c1-7(6-11)15-10(14)13-9-4-2-3-8(12)5-9/h2-5,7H,6H2,1H3,(H,13,14). The van der Waals surface area contributed by atoms with Gasteiger partial charge in [0.25, 0.3) is 0 Å². The van der Waals surface area contributed by atoms with E-state index in [1.165, 1.54) is 0 Å². The molecule has 1 aromatic carbocycles. The van der Waals surface area contributed by atoms with Gasteiger partial charge in [0.05, 0.1) is 0 Å². The molecule has 1 rings (SSSR count). The van der Waals surface area contributed by atoms with Gasteiger partial charge in [-0.3, -0.25) is 5.32 Å². The van der Waals surface area contributed by atoms with Crippen LogP contribution in [-0.4, -0.2) is 17.5 Å². The lowest BCUT2D eigenvalue weighted by atomic mass is 10.3. The van der Waals surface area contributed by atoms with Crippen molar-refractivity contribution in [3.05, 3.63) is 29.3 Å². The Labute approximate surface area is 102 Å². The molecule has 3 nitrogen and oxygen atoms in total. The maximum Gasteiger partial charge on any atom is 0.411 e. The number of hydrogen-bond donors (Lipinski definition) is 1. The van der Waals surface area contributed by atoms with Crippen molar-refractivity contribution in [2.45, 2.75) is 13.0 Å². The Balaban J connectivity index is 2.51. The first kappa shape index (κ1) is 12.3. The van der Waals surface area contributed by atoms with Gasteiger partial charge < -0.3 is 4.74 Å². The monoisotopic (exact) mass is 291 g/mol. The summed E-state index contributed by atoms with van der Waals surface area (Å²) < 4.78 is 5.00. The number of halogens is 2. The highest BCUT2D eigenvalue weighted by Crippen LogP contribution is 2.15. The van der Waals surface area contributed by atoms with Crippen LogP contribution in [-0.2, 0) is 4.74 Å². The molecule has 1 unspecified atom stereocenters. The van der Waals surface area contributed by atoms with E-state index in [2.05, 4.69) is 21.2 Å². The predicted octanol–water partition coefficient (Wildman–Crippen LogP) is 3.67. The summed E-state index contributed by atoms with van der Waals surface area (Å²) in [4.78, 5) is 11.3. The Kier molecular flexibility index (Phi) is 4.91. The molecular formula is C10H11BrClNO2. The van der Waals surface area contributed by atoms with E-state index < -0.39 is 6.09 Å². The van der Waals surface area contributed by atoms with Crippen molar-refractivity contribution in [3.8, 4) is 0 Å². The Morgan fingerprint density at radius 3 is 3.00 bits per heavy atom. The summed E-state index contributed by atoms with van der Waals surface area (Å²) in [6, 6.07) is 6.89. The van der Waals surface area contributed by atoms with Crippen molar-refractivity contribution < 1.29 is 9.53 Å². The number of carbonyl (C=O) groups excluding carboxylic acids is 1. The molecule has 1 aromatic rings. The molecule has 1 atom stereocenters. The van der Waals surface area contributed by atoms with Crippen LogP contribution in [0.3, 0.4) is 0 Å². The van der Waals surface area contributed by atoms with E-state index in [1.54, 1.807) is 31.2 Å². The summed E-state index contributed by atoms with van der Waals surface area (Å²) in [7, 11) is 0. The van der Waals surface area contributed by atoms with Gasteiger partial charge in [-0.1, -0.05) is 33.6 Å². The van der Waals surface area contributed by atoms with Crippen molar-refractivity contribution in [3.63, 3.8) is 0 Å². The maximum absolute atomic E-state index is 11.3. The van der Waals surface area contributed by atoms with Gasteiger partial charge in [-0.2, -0.15) is 0 Å². The third-order valence-corrected chi connectivity index (χ3v) is 2.74. The Morgan fingerprint density at radius 1 is 1.67 bits per heavy atom. The Bertz CT molecular complexity index is 346. The minimum Gasteiger partial charge on any atom is -0.445 e. The second-order valence-corrected chi connectivity index (χ2v) is 4.09. The Hall–Kier alpha value is -0.740. The van der Waals surface area contributed by atoms with Gasteiger partial charge in [-0.05, 0) is 25.1 Å². The van der Waals surface area contributed by atoms with Crippen LogP contribution in [0.4, 0.5) is 10.5 Å². The summed E-state index contributed by atoms with van der Waals surface area (Å²) in [5.74, 6) is 0. The normalized spacial score (nSPS) is 11.9. The lowest BCUT2D eigenvalue weighted by molar-refractivity contribution is 0.132. The summed E-state index contributed by atoms with van der Waals surface area (Å²) >= 11 is 8.98. The number of ether oxygens (including phenoxy) is 1. The average molecular weight is 293 g/mol. The molecule has 82 valence electrons. The smallest absolute Gasteiger partial charge is 0.411 e.